The Morgan fingerprint density at radius 1 is 1.56 bits per heavy atom. The average molecular weight is 251 g/mol. The minimum atomic E-state index is -0.477. The summed E-state index contributed by atoms with van der Waals surface area (Å²) in [4.78, 5) is 16.9. The first-order chi connectivity index (χ1) is 8.73. The molecule has 1 aliphatic heterocycles. The lowest BCUT2D eigenvalue weighted by atomic mass is 9.76. The number of hydrogen-bond acceptors (Lipinski definition) is 4. The molecule has 0 aliphatic carbocycles. The van der Waals surface area contributed by atoms with E-state index in [1.165, 1.54) is 0 Å². The van der Waals surface area contributed by atoms with Gasteiger partial charge in [-0.05, 0) is 19.3 Å². The Morgan fingerprint density at radius 3 is 2.89 bits per heavy atom. The van der Waals surface area contributed by atoms with Crippen LogP contribution in [0.4, 0.5) is 0 Å². The molecule has 2 N–H and O–H groups in total. The predicted molar refractivity (Wildman–Crippen MR) is 68.4 cm³/mol. The normalized spacial score (nSPS) is 18.8. The molecule has 1 fully saturated rings. The number of ketones is 1. The van der Waals surface area contributed by atoms with Crippen molar-refractivity contribution in [2.75, 3.05) is 19.8 Å². The molecule has 1 aliphatic rings. The Balaban J connectivity index is 2.25. The zero-order valence-electron chi connectivity index (χ0n) is 10.9. The smallest absolute Gasteiger partial charge is 0.205 e. The van der Waals surface area contributed by atoms with Crippen LogP contribution in [-0.4, -0.2) is 35.1 Å². The lowest BCUT2D eigenvalue weighted by Crippen LogP contribution is -2.44. The van der Waals surface area contributed by atoms with E-state index in [9.17, 15) is 4.79 Å². The van der Waals surface area contributed by atoms with Gasteiger partial charge in [0.2, 0.25) is 5.78 Å². The zero-order valence-corrected chi connectivity index (χ0v) is 10.9. The number of carbonyl (C=O) groups excluding carboxylic acids is 1. The number of nitrogens with two attached hydrogens (primary N) is 1. The summed E-state index contributed by atoms with van der Waals surface area (Å²) in [6.07, 6.45) is 5.92. The van der Waals surface area contributed by atoms with E-state index in [2.05, 4.69) is 11.9 Å². The van der Waals surface area contributed by atoms with Crippen LogP contribution in [0.25, 0.3) is 0 Å². The maximum atomic E-state index is 12.7. The van der Waals surface area contributed by atoms with Gasteiger partial charge < -0.3 is 15.0 Å². The van der Waals surface area contributed by atoms with Crippen LogP contribution in [0.5, 0.6) is 0 Å². The molecule has 18 heavy (non-hydrogen) atoms. The number of hydrogen-bond donors (Lipinski definition) is 1. The largest absolute Gasteiger partial charge is 0.381 e. The van der Waals surface area contributed by atoms with E-state index in [0.717, 1.165) is 13.0 Å². The number of aryl methyl sites for hydroxylation is 1. The fourth-order valence-electron chi connectivity index (χ4n) is 2.46. The van der Waals surface area contributed by atoms with Crippen molar-refractivity contribution < 1.29 is 9.53 Å². The number of rotatable bonds is 5. The van der Waals surface area contributed by atoms with E-state index in [4.69, 9.17) is 10.5 Å². The Kier molecular flexibility index (Phi) is 4.14. The van der Waals surface area contributed by atoms with Crippen LogP contribution in [0.1, 0.15) is 36.8 Å². The summed E-state index contributed by atoms with van der Waals surface area (Å²) in [5.74, 6) is 0.621. The molecule has 0 atom stereocenters. The van der Waals surface area contributed by atoms with Crippen LogP contribution in [-0.2, 0) is 11.3 Å². The first-order valence-corrected chi connectivity index (χ1v) is 6.57. The third-order valence-corrected chi connectivity index (χ3v) is 3.71. The van der Waals surface area contributed by atoms with E-state index < -0.39 is 5.41 Å². The van der Waals surface area contributed by atoms with Gasteiger partial charge in [0.25, 0.3) is 0 Å². The molecule has 0 aromatic carbocycles. The Bertz CT molecular complexity index is 408. The molecule has 0 amide bonds. The third-order valence-electron chi connectivity index (χ3n) is 3.71. The molecule has 0 unspecified atom stereocenters. The standard InChI is InChI=1S/C13H21N3O2/c1-2-6-16-7-5-15-12(16)11(17)13(10-14)3-8-18-9-4-13/h5,7H,2-4,6,8-10,14H2,1H3. The molecular formula is C13H21N3O2. The highest BCUT2D eigenvalue weighted by molar-refractivity contribution is 5.98. The number of aromatic nitrogens is 2. The monoisotopic (exact) mass is 251 g/mol. The van der Waals surface area contributed by atoms with Gasteiger partial charge in [-0.25, -0.2) is 4.98 Å². The molecule has 0 saturated carbocycles. The fraction of sp³-hybridized carbons (Fsp3) is 0.692. The van der Waals surface area contributed by atoms with Crippen molar-refractivity contribution >= 4 is 5.78 Å². The maximum absolute atomic E-state index is 12.7. The predicted octanol–water partition coefficient (Wildman–Crippen LogP) is 1.23. The third kappa shape index (κ3) is 2.33. The van der Waals surface area contributed by atoms with Crippen LogP contribution in [0.15, 0.2) is 12.4 Å². The van der Waals surface area contributed by atoms with Gasteiger partial charge in [-0.15, -0.1) is 0 Å². The molecule has 1 saturated heterocycles. The quantitative estimate of drug-likeness (QED) is 0.799. The highest BCUT2D eigenvalue weighted by Gasteiger charge is 2.40. The van der Waals surface area contributed by atoms with E-state index in [0.29, 0.717) is 38.4 Å². The molecular weight excluding hydrogens is 230 g/mol. The van der Waals surface area contributed by atoms with Crippen LogP contribution >= 0.6 is 0 Å². The second-order valence-corrected chi connectivity index (χ2v) is 4.87. The van der Waals surface area contributed by atoms with Gasteiger partial charge in [0.15, 0.2) is 5.82 Å². The molecule has 0 bridgehead atoms. The summed E-state index contributed by atoms with van der Waals surface area (Å²) in [6.45, 7) is 4.49. The Hall–Kier alpha value is -1.20. The van der Waals surface area contributed by atoms with Gasteiger partial charge in [-0.2, -0.15) is 0 Å². The van der Waals surface area contributed by atoms with Crippen molar-refractivity contribution in [1.82, 2.24) is 9.55 Å². The van der Waals surface area contributed by atoms with E-state index >= 15 is 0 Å². The molecule has 100 valence electrons. The second kappa shape index (κ2) is 5.63. The zero-order chi connectivity index (χ0) is 13.0. The SMILES string of the molecule is CCCn1ccnc1C(=O)C1(CN)CCOCC1. The van der Waals surface area contributed by atoms with Crippen molar-refractivity contribution in [3.8, 4) is 0 Å². The van der Waals surface area contributed by atoms with Gasteiger partial charge >= 0.3 is 0 Å². The molecule has 0 spiro atoms. The van der Waals surface area contributed by atoms with Gasteiger partial charge in [0.1, 0.15) is 0 Å². The minimum Gasteiger partial charge on any atom is -0.381 e. The van der Waals surface area contributed by atoms with Crippen molar-refractivity contribution in [3.05, 3.63) is 18.2 Å². The van der Waals surface area contributed by atoms with Crippen LogP contribution in [0.2, 0.25) is 0 Å². The maximum Gasteiger partial charge on any atom is 0.205 e. The van der Waals surface area contributed by atoms with Crippen molar-refractivity contribution in [2.45, 2.75) is 32.7 Å². The first kappa shape index (κ1) is 13.2. The van der Waals surface area contributed by atoms with E-state index in [-0.39, 0.29) is 5.78 Å². The minimum absolute atomic E-state index is 0.0757. The lowest BCUT2D eigenvalue weighted by molar-refractivity contribution is 0.0191. The second-order valence-electron chi connectivity index (χ2n) is 4.87. The summed E-state index contributed by atoms with van der Waals surface area (Å²) in [6, 6.07) is 0. The van der Waals surface area contributed by atoms with Crippen LogP contribution < -0.4 is 5.73 Å². The highest BCUT2D eigenvalue weighted by Crippen LogP contribution is 2.32. The summed E-state index contributed by atoms with van der Waals surface area (Å²) < 4.78 is 7.26. The lowest BCUT2D eigenvalue weighted by Gasteiger charge is -2.34. The molecule has 5 heteroatoms. The van der Waals surface area contributed by atoms with Gasteiger partial charge in [0.05, 0.1) is 5.41 Å². The molecule has 0 radical (unpaired) electrons. The summed E-state index contributed by atoms with van der Waals surface area (Å²) in [5.41, 5.74) is 5.38. The fourth-order valence-corrected chi connectivity index (χ4v) is 2.46. The summed E-state index contributed by atoms with van der Waals surface area (Å²) in [7, 11) is 0. The van der Waals surface area contributed by atoms with Crippen LogP contribution in [0.3, 0.4) is 0 Å². The summed E-state index contributed by atoms with van der Waals surface area (Å²) >= 11 is 0. The van der Waals surface area contributed by atoms with Crippen molar-refractivity contribution in [2.24, 2.45) is 11.1 Å². The molecule has 1 aromatic heterocycles. The molecule has 2 heterocycles. The van der Waals surface area contributed by atoms with Gasteiger partial charge in [-0.3, -0.25) is 4.79 Å². The average Bonchev–Trinajstić information content (AvgIpc) is 2.87. The van der Waals surface area contributed by atoms with Crippen LogP contribution in [0, 0.1) is 5.41 Å². The van der Waals surface area contributed by atoms with Gasteiger partial charge in [0, 0.05) is 38.7 Å². The topological polar surface area (TPSA) is 70.1 Å². The van der Waals surface area contributed by atoms with Crippen molar-refractivity contribution in [1.29, 1.82) is 0 Å². The van der Waals surface area contributed by atoms with E-state index in [1.807, 2.05) is 10.8 Å². The first-order valence-electron chi connectivity index (χ1n) is 6.57. The molecule has 1 aromatic rings. The molecule has 2 rings (SSSR count). The number of ether oxygens (including phenoxy) is 1. The number of imidazole rings is 1. The van der Waals surface area contributed by atoms with Crippen molar-refractivity contribution in [3.63, 3.8) is 0 Å². The summed E-state index contributed by atoms with van der Waals surface area (Å²) in [5, 5.41) is 0. The highest BCUT2D eigenvalue weighted by atomic mass is 16.5. The Morgan fingerprint density at radius 2 is 2.28 bits per heavy atom. The Labute approximate surface area is 107 Å². The van der Waals surface area contributed by atoms with Gasteiger partial charge in [-0.1, -0.05) is 6.92 Å². The number of carbonyl (C=O) groups is 1. The number of nitrogens with zero attached hydrogens (tertiary/aromatic N) is 2. The van der Waals surface area contributed by atoms with E-state index in [1.54, 1.807) is 6.20 Å². The molecule has 5 nitrogen and oxygen atoms in total. The number of Topliss-reactive ketones (excluding diaryl/α,β-unsaturated/α-hetero) is 1.